The zero-order valence-electron chi connectivity index (χ0n) is 13.9. The molecule has 2 aliphatic heterocycles. The van der Waals surface area contributed by atoms with Crippen molar-refractivity contribution in [2.24, 2.45) is 0 Å². The first-order valence-corrected chi connectivity index (χ1v) is 8.46. The Hall–Kier alpha value is -3.16. The Morgan fingerprint density at radius 1 is 1.12 bits per heavy atom. The summed E-state index contributed by atoms with van der Waals surface area (Å²) in [5.41, 5.74) is -0.228. The molecular weight excluding hydrogens is 338 g/mol. The summed E-state index contributed by atoms with van der Waals surface area (Å²) in [4.78, 5) is 51.2. The van der Waals surface area contributed by atoms with E-state index < -0.39 is 5.63 Å². The fraction of sp³-hybridized carbons (Fsp3) is 0.333. The molecule has 1 N–H and O–H groups in total. The van der Waals surface area contributed by atoms with E-state index in [0.29, 0.717) is 36.9 Å². The van der Waals surface area contributed by atoms with Crippen molar-refractivity contribution in [3.63, 3.8) is 0 Å². The number of imide groups is 1. The monoisotopic (exact) mass is 355 g/mol. The SMILES string of the molecule is O=C(c1cc2ccccc2oc1=O)N1CCC(N2C(=O)CNC2=O)CC1. The minimum Gasteiger partial charge on any atom is -0.422 e. The lowest BCUT2D eigenvalue weighted by molar-refractivity contribution is -0.127. The van der Waals surface area contributed by atoms with Gasteiger partial charge in [0.1, 0.15) is 11.1 Å². The van der Waals surface area contributed by atoms with Crippen molar-refractivity contribution < 1.29 is 18.8 Å². The van der Waals surface area contributed by atoms with Crippen LogP contribution in [0.15, 0.2) is 39.5 Å². The number of carbonyl (C=O) groups excluding carboxylic acids is 3. The largest absolute Gasteiger partial charge is 0.422 e. The van der Waals surface area contributed by atoms with Gasteiger partial charge in [-0.2, -0.15) is 0 Å². The van der Waals surface area contributed by atoms with Gasteiger partial charge in [-0.25, -0.2) is 9.59 Å². The third-order valence-corrected chi connectivity index (χ3v) is 4.87. The molecule has 2 aliphatic rings. The second kappa shape index (κ2) is 6.29. The second-order valence-electron chi connectivity index (χ2n) is 6.43. The maximum absolute atomic E-state index is 12.7. The van der Waals surface area contributed by atoms with Crippen LogP contribution in [-0.4, -0.2) is 53.3 Å². The van der Waals surface area contributed by atoms with E-state index in [9.17, 15) is 19.2 Å². The fourth-order valence-electron chi connectivity index (χ4n) is 3.51. The maximum atomic E-state index is 12.7. The molecule has 0 saturated carbocycles. The summed E-state index contributed by atoms with van der Waals surface area (Å²) in [5.74, 6) is -0.630. The summed E-state index contributed by atoms with van der Waals surface area (Å²) >= 11 is 0. The molecule has 2 aromatic rings. The number of carbonyl (C=O) groups is 3. The summed E-state index contributed by atoms with van der Waals surface area (Å²) in [6.07, 6.45) is 0.980. The van der Waals surface area contributed by atoms with Crippen LogP contribution in [0, 0.1) is 0 Å². The highest BCUT2D eigenvalue weighted by molar-refractivity contribution is 6.02. The van der Waals surface area contributed by atoms with E-state index in [2.05, 4.69) is 5.32 Å². The van der Waals surface area contributed by atoms with E-state index in [0.717, 1.165) is 0 Å². The number of rotatable bonds is 2. The van der Waals surface area contributed by atoms with Gasteiger partial charge in [0.15, 0.2) is 0 Å². The molecule has 1 aromatic heterocycles. The molecule has 3 heterocycles. The first-order chi connectivity index (χ1) is 12.5. The van der Waals surface area contributed by atoms with Crippen LogP contribution in [0.4, 0.5) is 4.79 Å². The van der Waals surface area contributed by atoms with Gasteiger partial charge in [0.25, 0.3) is 5.91 Å². The molecule has 8 heteroatoms. The van der Waals surface area contributed by atoms with E-state index in [1.807, 2.05) is 0 Å². The van der Waals surface area contributed by atoms with Crippen molar-refractivity contribution in [1.82, 2.24) is 15.1 Å². The van der Waals surface area contributed by atoms with Gasteiger partial charge in [-0.15, -0.1) is 0 Å². The van der Waals surface area contributed by atoms with Crippen molar-refractivity contribution in [3.8, 4) is 0 Å². The highest BCUT2D eigenvalue weighted by Gasteiger charge is 2.37. The molecule has 26 heavy (non-hydrogen) atoms. The molecule has 4 amide bonds. The highest BCUT2D eigenvalue weighted by atomic mass is 16.4. The number of nitrogens with zero attached hydrogens (tertiary/aromatic N) is 2. The molecular formula is C18H17N3O5. The van der Waals surface area contributed by atoms with E-state index in [1.54, 1.807) is 35.2 Å². The number of hydrogen-bond acceptors (Lipinski definition) is 5. The number of amides is 4. The zero-order valence-corrected chi connectivity index (χ0v) is 13.9. The average Bonchev–Trinajstić information content (AvgIpc) is 2.99. The first kappa shape index (κ1) is 16.3. The van der Waals surface area contributed by atoms with E-state index in [1.165, 1.54) is 4.90 Å². The summed E-state index contributed by atoms with van der Waals surface area (Å²) in [6.45, 7) is 0.760. The molecule has 4 rings (SSSR count). The summed E-state index contributed by atoms with van der Waals surface area (Å²) in [5, 5.41) is 3.19. The van der Waals surface area contributed by atoms with Crippen molar-refractivity contribution in [2.45, 2.75) is 18.9 Å². The Morgan fingerprint density at radius 2 is 1.85 bits per heavy atom. The number of para-hydroxylation sites is 1. The van der Waals surface area contributed by atoms with Crippen LogP contribution in [-0.2, 0) is 4.79 Å². The number of piperidine rings is 1. The van der Waals surface area contributed by atoms with Gasteiger partial charge in [-0.05, 0) is 25.0 Å². The van der Waals surface area contributed by atoms with Crippen LogP contribution >= 0.6 is 0 Å². The predicted octanol–water partition coefficient (Wildman–Crippen LogP) is 0.949. The first-order valence-electron chi connectivity index (χ1n) is 8.46. The van der Waals surface area contributed by atoms with Crippen LogP contribution in [0.1, 0.15) is 23.2 Å². The van der Waals surface area contributed by atoms with Crippen molar-refractivity contribution in [2.75, 3.05) is 19.6 Å². The Kier molecular flexibility index (Phi) is 3.95. The molecule has 8 nitrogen and oxygen atoms in total. The van der Waals surface area contributed by atoms with Crippen molar-refractivity contribution in [3.05, 3.63) is 46.3 Å². The van der Waals surface area contributed by atoms with Crippen molar-refractivity contribution in [1.29, 1.82) is 0 Å². The predicted molar refractivity (Wildman–Crippen MR) is 91.7 cm³/mol. The topological polar surface area (TPSA) is 99.9 Å². The molecule has 0 atom stereocenters. The Bertz CT molecular complexity index is 943. The molecule has 2 fully saturated rings. The van der Waals surface area contributed by atoms with Gasteiger partial charge in [0.2, 0.25) is 5.91 Å². The van der Waals surface area contributed by atoms with Gasteiger partial charge >= 0.3 is 11.7 Å². The molecule has 0 unspecified atom stereocenters. The van der Waals surface area contributed by atoms with Crippen LogP contribution in [0.5, 0.6) is 0 Å². The Labute approximate surface area is 148 Å². The lowest BCUT2D eigenvalue weighted by Crippen LogP contribution is -2.49. The third kappa shape index (κ3) is 2.73. The van der Waals surface area contributed by atoms with Crippen molar-refractivity contribution >= 4 is 28.8 Å². The summed E-state index contributed by atoms with van der Waals surface area (Å²) in [6, 6.07) is 7.96. The zero-order chi connectivity index (χ0) is 18.3. The molecule has 0 spiro atoms. The standard InChI is InChI=1S/C18H17N3O5/c22-15-10-19-18(25)21(15)12-5-7-20(8-6-12)16(23)13-9-11-3-1-2-4-14(11)26-17(13)24/h1-4,9,12H,5-8,10H2,(H,19,25). The molecule has 1 aromatic carbocycles. The molecule has 0 radical (unpaired) electrons. The smallest absolute Gasteiger partial charge is 0.349 e. The lowest BCUT2D eigenvalue weighted by atomic mass is 10.0. The number of fused-ring (bicyclic) bond motifs is 1. The molecule has 2 saturated heterocycles. The van der Waals surface area contributed by atoms with Crippen LogP contribution in [0.25, 0.3) is 11.0 Å². The number of urea groups is 1. The average molecular weight is 355 g/mol. The van der Waals surface area contributed by atoms with Gasteiger partial charge in [0, 0.05) is 24.5 Å². The van der Waals surface area contributed by atoms with Gasteiger partial charge in [-0.3, -0.25) is 14.5 Å². The quantitative estimate of drug-likeness (QED) is 0.639. The molecule has 0 aliphatic carbocycles. The number of hydrogen-bond donors (Lipinski definition) is 1. The second-order valence-corrected chi connectivity index (χ2v) is 6.43. The lowest BCUT2D eigenvalue weighted by Gasteiger charge is -2.35. The Balaban J connectivity index is 1.50. The van der Waals surface area contributed by atoms with Gasteiger partial charge < -0.3 is 14.6 Å². The van der Waals surface area contributed by atoms with Crippen LogP contribution in [0.2, 0.25) is 0 Å². The van der Waals surface area contributed by atoms with Gasteiger partial charge in [0.05, 0.1) is 6.54 Å². The van der Waals surface area contributed by atoms with Crippen LogP contribution in [0.3, 0.4) is 0 Å². The minimum atomic E-state index is -0.662. The van der Waals surface area contributed by atoms with Crippen LogP contribution < -0.4 is 10.9 Å². The normalized spacial score (nSPS) is 18.5. The van der Waals surface area contributed by atoms with E-state index in [-0.39, 0.29) is 36.0 Å². The number of likely N-dealkylation sites (tertiary alicyclic amines) is 1. The molecule has 134 valence electrons. The maximum Gasteiger partial charge on any atom is 0.349 e. The minimum absolute atomic E-state index is 0.00265. The Morgan fingerprint density at radius 3 is 2.54 bits per heavy atom. The third-order valence-electron chi connectivity index (χ3n) is 4.87. The number of benzene rings is 1. The van der Waals surface area contributed by atoms with E-state index in [4.69, 9.17) is 4.42 Å². The van der Waals surface area contributed by atoms with E-state index >= 15 is 0 Å². The number of nitrogens with one attached hydrogen (secondary N) is 1. The fourth-order valence-corrected chi connectivity index (χ4v) is 3.51. The summed E-state index contributed by atoms with van der Waals surface area (Å²) in [7, 11) is 0. The van der Waals surface area contributed by atoms with Gasteiger partial charge in [-0.1, -0.05) is 18.2 Å². The highest BCUT2D eigenvalue weighted by Crippen LogP contribution is 2.21. The summed E-state index contributed by atoms with van der Waals surface area (Å²) < 4.78 is 5.23. The molecule has 0 bridgehead atoms.